The number of nitro groups is 1. The summed E-state index contributed by atoms with van der Waals surface area (Å²) < 4.78 is 0. The van der Waals surface area contributed by atoms with Crippen molar-refractivity contribution < 1.29 is 19.6 Å². The molecule has 108 valence electrons. The Morgan fingerprint density at radius 3 is 2.55 bits per heavy atom. The highest BCUT2D eigenvalue weighted by molar-refractivity contribution is 6.35. The van der Waals surface area contributed by atoms with E-state index in [2.05, 4.69) is 5.32 Å². The lowest BCUT2D eigenvalue weighted by atomic mass is 10.00. The topological polar surface area (TPSA) is 110 Å². The number of nitrogens with one attached hydrogen (secondary N) is 1. The molecule has 0 aromatic heterocycles. The number of carboxylic acid groups (broad SMARTS) is 1. The van der Waals surface area contributed by atoms with Gasteiger partial charge in [0.15, 0.2) is 0 Å². The van der Waals surface area contributed by atoms with Crippen molar-refractivity contribution in [3.8, 4) is 0 Å². The number of carbonyl (C=O) groups is 2. The SMILES string of the molecule is CC(C)(CC(=O)O)NC(=O)c1cccc([N+](=O)[O-])c1Cl. The van der Waals surface area contributed by atoms with Gasteiger partial charge in [0, 0.05) is 11.6 Å². The molecule has 0 fully saturated rings. The van der Waals surface area contributed by atoms with Crippen molar-refractivity contribution in [2.24, 2.45) is 0 Å². The summed E-state index contributed by atoms with van der Waals surface area (Å²) >= 11 is 5.81. The number of halogens is 1. The molecule has 0 aliphatic rings. The van der Waals surface area contributed by atoms with Gasteiger partial charge in [-0.1, -0.05) is 17.7 Å². The van der Waals surface area contributed by atoms with Gasteiger partial charge in [0.2, 0.25) is 0 Å². The van der Waals surface area contributed by atoms with Crippen molar-refractivity contribution in [3.63, 3.8) is 0 Å². The molecule has 0 aliphatic carbocycles. The van der Waals surface area contributed by atoms with Gasteiger partial charge in [-0.05, 0) is 19.9 Å². The summed E-state index contributed by atoms with van der Waals surface area (Å²) in [5.41, 5.74) is -1.45. The van der Waals surface area contributed by atoms with Gasteiger partial charge >= 0.3 is 5.97 Å². The van der Waals surface area contributed by atoms with Crippen molar-refractivity contribution >= 4 is 29.2 Å². The summed E-state index contributed by atoms with van der Waals surface area (Å²) in [6, 6.07) is 3.85. The number of nitrogens with zero attached hydrogens (tertiary/aromatic N) is 1. The first-order valence-corrected chi connectivity index (χ1v) is 5.99. The molecule has 0 saturated carbocycles. The van der Waals surface area contributed by atoms with E-state index >= 15 is 0 Å². The van der Waals surface area contributed by atoms with Gasteiger partial charge < -0.3 is 10.4 Å². The van der Waals surface area contributed by atoms with E-state index in [1.165, 1.54) is 32.0 Å². The molecule has 0 unspecified atom stereocenters. The second kappa shape index (κ2) is 5.87. The number of carbonyl (C=O) groups excluding carboxylic acids is 1. The number of amides is 1. The Labute approximate surface area is 119 Å². The maximum atomic E-state index is 12.0. The van der Waals surface area contributed by atoms with Crippen molar-refractivity contribution in [3.05, 3.63) is 38.9 Å². The van der Waals surface area contributed by atoms with Crippen molar-refractivity contribution in [2.75, 3.05) is 0 Å². The molecule has 1 aromatic carbocycles. The normalized spacial score (nSPS) is 10.9. The van der Waals surface area contributed by atoms with E-state index in [1.807, 2.05) is 0 Å². The van der Waals surface area contributed by atoms with Crippen LogP contribution in [0.25, 0.3) is 0 Å². The molecule has 2 N–H and O–H groups in total. The van der Waals surface area contributed by atoms with Crippen LogP contribution < -0.4 is 5.32 Å². The molecule has 0 bridgehead atoms. The Bertz CT molecular complexity index is 571. The first kappa shape index (κ1) is 15.9. The maximum absolute atomic E-state index is 12.0. The van der Waals surface area contributed by atoms with E-state index in [1.54, 1.807) is 0 Å². The first-order chi connectivity index (χ1) is 9.14. The average Bonchev–Trinajstić information content (AvgIpc) is 2.25. The number of hydrogen-bond donors (Lipinski definition) is 2. The standard InChI is InChI=1S/C12H13ClN2O5/c1-12(2,6-9(16)17)14-11(18)7-4-3-5-8(10(7)13)15(19)20/h3-5H,6H2,1-2H3,(H,14,18)(H,16,17). The molecule has 0 saturated heterocycles. The second-order valence-corrected chi connectivity index (χ2v) is 5.18. The molecule has 0 radical (unpaired) electrons. The number of nitro benzene ring substituents is 1. The smallest absolute Gasteiger partial charge is 0.305 e. The number of rotatable bonds is 5. The Morgan fingerprint density at radius 2 is 2.05 bits per heavy atom. The highest BCUT2D eigenvalue weighted by Gasteiger charge is 2.27. The van der Waals surface area contributed by atoms with E-state index < -0.39 is 22.3 Å². The Balaban J connectivity index is 3.02. The van der Waals surface area contributed by atoms with Crippen LogP contribution in [0, 0.1) is 10.1 Å². The van der Waals surface area contributed by atoms with E-state index in [0.717, 1.165) is 0 Å². The zero-order chi connectivity index (χ0) is 15.5. The molecular formula is C12H13ClN2O5. The number of benzene rings is 1. The average molecular weight is 301 g/mol. The van der Waals surface area contributed by atoms with Crippen molar-refractivity contribution in [1.82, 2.24) is 5.32 Å². The maximum Gasteiger partial charge on any atom is 0.305 e. The highest BCUT2D eigenvalue weighted by Crippen LogP contribution is 2.28. The second-order valence-electron chi connectivity index (χ2n) is 4.80. The molecule has 0 aliphatic heterocycles. The van der Waals surface area contributed by atoms with Crippen molar-refractivity contribution in [1.29, 1.82) is 0 Å². The van der Waals surface area contributed by atoms with E-state index in [4.69, 9.17) is 16.7 Å². The lowest BCUT2D eigenvalue weighted by molar-refractivity contribution is -0.384. The first-order valence-electron chi connectivity index (χ1n) is 5.61. The molecule has 1 aromatic rings. The largest absolute Gasteiger partial charge is 0.481 e. The van der Waals surface area contributed by atoms with E-state index in [0.29, 0.717) is 0 Å². The van der Waals surface area contributed by atoms with Gasteiger partial charge in [0.05, 0.1) is 16.9 Å². The molecule has 1 amide bonds. The molecule has 0 heterocycles. The van der Waals surface area contributed by atoms with Crippen LogP contribution >= 0.6 is 11.6 Å². The lowest BCUT2D eigenvalue weighted by Gasteiger charge is -2.24. The molecule has 8 heteroatoms. The van der Waals surface area contributed by atoms with Crippen LogP contribution in [0.1, 0.15) is 30.6 Å². The van der Waals surface area contributed by atoms with Crippen molar-refractivity contribution in [2.45, 2.75) is 25.8 Å². The van der Waals surface area contributed by atoms with Crippen LogP contribution in [-0.2, 0) is 4.79 Å². The summed E-state index contributed by atoms with van der Waals surface area (Å²) in [5, 5.41) is 21.7. The van der Waals surface area contributed by atoms with Crippen LogP contribution in [0.3, 0.4) is 0 Å². The molecule has 0 atom stereocenters. The van der Waals surface area contributed by atoms with Gasteiger partial charge in [0.25, 0.3) is 11.6 Å². The molecular weight excluding hydrogens is 288 g/mol. The Morgan fingerprint density at radius 1 is 1.45 bits per heavy atom. The summed E-state index contributed by atoms with van der Waals surface area (Å²) in [7, 11) is 0. The molecule has 1 rings (SSSR count). The number of aliphatic carboxylic acids is 1. The third kappa shape index (κ3) is 3.92. The lowest BCUT2D eigenvalue weighted by Crippen LogP contribution is -2.45. The zero-order valence-corrected chi connectivity index (χ0v) is 11.6. The highest BCUT2D eigenvalue weighted by atomic mass is 35.5. The van der Waals surface area contributed by atoms with Crippen LogP contribution in [-0.4, -0.2) is 27.4 Å². The van der Waals surface area contributed by atoms with Crippen LogP contribution in [0.5, 0.6) is 0 Å². The quantitative estimate of drug-likeness (QED) is 0.640. The Kier molecular flexibility index (Phi) is 4.67. The van der Waals surface area contributed by atoms with Crippen LogP contribution in [0.15, 0.2) is 18.2 Å². The zero-order valence-electron chi connectivity index (χ0n) is 10.8. The predicted octanol–water partition coefficient (Wildman–Crippen LogP) is 2.23. The predicted molar refractivity (Wildman–Crippen MR) is 71.9 cm³/mol. The third-order valence-corrected chi connectivity index (χ3v) is 2.86. The molecule has 0 spiro atoms. The minimum Gasteiger partial charge on any atom is -0.481 e. The van der Waals surface area contributed by atoms with Crippen LogP contribution in [0.4, 0.5) is 5.69 Å². The monoisotopic (exact) mass is 300 g/mol. The fraction of sp³-hybridized carbons (Fsp3) is 0.333. The van der Waals surface area contributed by atoms with Gasteiger partial charge in [-0.25, -0.2) is 0 Å². The van der Waals surface area contributed by atoms with E-state index in [9.17, 15) is 19.7 Å². The minimum absolute atomic E-state index is 0.0701. The fourth-order valence-corrected chi connectivity index (χ4v) is 1.91. The summed E-state index contributed by atoms with van der Waals surface area (Å²) in [5.74, 6) is -1.73. The number of hydrogen-bond acceptors (Lipinski definition) is 4. The van der Waals surface area contributed by atoms with Gasteiger partial charge in [-0.15, -0.1) is 0 Å². The summed E-state index contributed by atoms with van der Waals surface area (Å²) in [6.07, 6.45) is -0.286. The fourth-order valence-electron chi connectivity index (χ4n) is 1.63. The van der Waals surface area contributed by atoms with E-state index in [-0.39, 0.29) is 22.7 Å². The van der Waals surface area contributed by atoms with Gasteiger partial charge in [-0.3, -0.25) is 19.7 Å². The minimum atomic E-state index is -1.07. The van der Waals surface area contributed by atoms with Gasteiger partial charge in [-0.2, -0.15) is 0 Å². The third-order valence-electron chi connectivity index (χ3n) is 2.46. The molecule has 7 nitrogen and oxygen atoms in total. The summed E-state index contributed by atoms with van der Waals surface area (Å²) in [6.45, 7) is 3.06. The Hall–Kier alpha value is -2.15. The molecule has 20 heavy (non-hydrogen) atoms. The number of carboxylic acids is 1. The summed E-state index contributed by atoms with van der Waals surface area (Å²) in [4.78, 5) is 32.7. The van der Waals surface area contributed by atoms with Crippen LogP contribution in [0.2, 0.25) is 5.02 Å². The van der Waals surface area contributed by atoms with Gasteiger partial charge in [0.1, 0.15) is 5.02 Å².